The van der Waals surface area contributed by atoms with Crippen LogP contribution in [0.5, 0.6) is 0 Å². The number of carbonyl (C=O) groups excluding carboxylic acids is 1. The van der Waals surface area contributed by atoms with Crippen LogP contribution in [0.2, 0.25) is 5.02 Å². The molecule has 0 aliphatic carbocycles. The molecule has 2 rings (SSSR count). The second-order valence-corrected chi connectivity index (χ2v) is 4.69. The van der Waals surface area contributed by atoms with E-state index in [1.807, 2.05) is 29.2 Å². The van der Waals surface area contributed by atoms with Crippen LogP contribution in [0.4, 0.5) is 0 Å². The van der Waals surface area contributed by atoms with Gasteiger partial charge in [0.25, 0.3) is 0 Å². The van der Waals surface area contributed by atoms with Gasteiger partial charge in [-0.25, -0.2) is 0 Å². The van der Waals surface area contributed by atoms with E-state index >= 15 is 0 Å². The van der Waals surface area contributed by atoms with E-state index in [0.717, 1.165) is 31.7 Å². The number of nitrogens with one attached hydrogen (secondary N) is 1. The summed E-state index contributed by atoms with van der Waals surface area (Å²) in [5.41, 5.74) is 1.02. The molecule has 18 heavy (non-hydrogen) atoms. The largest absolute Gasteiger partial charge is 0.367 e. The maximum atomic E-state index is 11.8. The van der Waals surface area contributed by atoms with Crippen LogP contribution in [0.1, 0.15) is 5.56 Å². The Labute approximate surface area is 112 Å². The summed E-state index contributed by atoms with van der Waals surface area (Å²) in [4.78, 5) is 13.6. The van der Waals surface area contributed by atoms with Gasteiger partial charge in [-0.3, -0.25) is 4.79 Å². The van der Waals surface area contributed by atoms with Crippen molar-refractivity contribution in [2.24, 2.45) is 0 Å². The molecule has 1 aromatic carbocycles. The number of amides is 1. The van der Waals surface area contributed by atoms with Crippen molar-refractivity contribution in [3.63, 3.8) is 0 Å². The van der Waals surface area contributed by atoms with Crippen LogP contribution >= 0.6 is 11.6 Å². The van der Waals surface area contributed by atoms with E-state index in [1.165, 1.54) is 0 Å². The first-order valence-corrected chi connectivity index (χ1v) is 6.44. The van der Waals surface area contributed by atoms with Crippen LogP contribution in [0.3, 0.4) is 0 Å². The van der Waals surface area contributed by atoms with Crippen LogP contribution in [0, 0.1) is 0 Å². The number of rotatable bonds is 4. The van der Waals surface area contributed by atoms with Gasteiger partial charge in [0.2, 0.25) is 5.91 Å². The molecule has 1 aliphatic heterocycles. The lowest BCUT2D eigenvalue weighted by molar-refractivity contribution is -0.137. The molecule has 1 saturated heterocycles. The highest BCUT2D eigenvalue weighted by Gasteiger charge is 2.15. The molecule has 0 saturated carbocycles. The van der Waals surface area contributed by atoms with Gasteiger partial charge in [0.05, 0.1) is 6.61 Å². The van der Waals surface area contributed by atoms with Gasteiger partial charge < -0.3 is 15.0 Å². The third kappa shape index (κ3) is 3.98. The Hall–Kier alpha value is -1.10. The third-order valence-electron chi connectivity index (χ3n) is 2.88. The lowest BCUT2D eigenvalue weighted by atomic mass is 10.2. The van der Waals surface area contributed by atoms with Crippen LogP contribution < -0.4 is 5.32 Å². The zero-order valence-corrected chi connectivity index (χ0v) is 10.9. The summed E-state index contributed by atoms with van der Waals surface area (Å²) in [6.45, 7) is 3.84. The fourth-order valence-corrected chi connectivity index (χ4v) is 1.97. The standard InChI is InChI=1S/C13H17ClN2O2/c14-12-3-1-11(2-4-12)9-18-10-13(17)16-7-5-15-6-8-16/h1-4,15H,5-10H2. The van der Waals surface area contributed by atoms with Gasteiger partial charge in [0, 0.05) is 31.2 Å². The van der Waals surface area contributed by atoms with Crippen molar-refractivity contribution in [1.29, 1.82) is 0 Å². The zero-order chi connectivity index (χ0) is 12.8. The van der Waals surface area contributed by atoms with Crippen molar-refractivity contribution in [2.75, 3.05) is 32.8 Å². The number of nitrogens with zero attached hydrogens (tertiary/aromatic N) is 1. The van der Waals surface area contributed by atoms with Crippen molar-refractivity contribution in [1.82, 2.24) is 10.2 Å². The van der Waals surface area contributed by atoms with Crippen molar-refractivity contribution >= 4 is 17.5 Å². The second kappa shape index (κ2) is 6.73. The minimum absolute atomic E-state index is 0.0606. The Balaban J connectivity index is 1.71. The molecule has 0 radical (unpaired) electrons. The highest BCUT2D eigenvalue weighted by atomic mass is 35.5. The second-order valence-electron chi connectivity index (χ2n) is 4.25. The fraction of sp³-hybridized carbons (Fsp3) is 0.462. The van der Waals surface area contributed by atoms with Crippen LogP contribution in [-0.4, -0.2) is 43.6 Å². The number of benzene rings is 1. The van der Waals surface area contributed by atoms with E-state index in [1.54, 1.807) is 0 Å². The predicted octanol–water partition coefficient (Wildman–Crippen LogP) is 1.29. The summed E-state index contributed by atoms with van der Waals surface area (Å²) in [5, 5.41) is 3.91. The van der Waals surface area contributed by atoms with Gasteiger partial charge in [0.15, 0.2) is 0 Å². The molecule has 0 bridgehead atoms. The Morgan fingerprint density at radius 3 is 2.61 bits per heavy atom. The Morgan fingerprint density at radius 2 is 1.94 bits per heavy atom. The van der Waals surface area contributed by atoms with E-state index in [4.69, 9.17) is 16.3 Å². The Kier molecular flexibility index (Phi) is 4.99. The third-order valence-corrected chi connectivity index (χ3v) is 3.13. The molecule has 1 fully saturated rings. The first-order chi connectivity index (χ1) is 8.75. The molecule has 0 spiro atoms. The van der Waals surface area contributed by atoms with Crippen LogP contribution in [0.25, 0.3) is 0 Å². The number of hydrogen-bond acceptors (Lipinski definition) is 3. The Bertz CT molecular complexity index is 388. The Morgan fingerprint density at radius 1 is 1.28 bits per heavy atom. The molecule has 5 heteroatoms. The molecule has 0 unspecified atom stereocenters. The topological polar surface area (TPSA) is 41.6 Å². The number of hydrogen-bond donors (Lipinski definition) is 1. The molecular weight excluding hydrogens is 252 g/mol. The monoisotopic (exact) mass is 268 g/mol. The first-order valence-electron chi connectivity index (χ1n) is 6.06. The molecule has 0 atom stereocenters. The maximum absolute atomic E-state index is 11.8. The molecule has 98 valence electrons. The molecule has 4 nitrogen and oxygen atoms in total. The summed E-state index contributed by atoms with van der Waals surface area (Å²) < 4.78 is 5.42. The van der Waals surface area contributed by atoms with Gasteiger partial charge in [0.1, 0.15) is 6.61 Å². The normalized spacial score (nSPS) is 15.7. The lowest BCUT2D eigenvalue weighted by Crippen LogP contribution is -2.47. The molecule has 1 N–H and O–H groups in total. The average molecular weight is 269 g/mol. The van der Waals surface area contributed by atoms with Gasteiger partial charge in [-0.1, -0.05) is 23.7 Å². The fourth-order valence-electron chi connectivity index (χ4n) is 1.84. The van der Waals surface area contributed by atoms with E-state index in [0.29, 0.717) is 11.6 Å². The van der Waals surface area contributed by atoms with Gasteiger partial charge >= 0.3 is 0 Å². The van der Waals surface area contributed by atoms with Crippen molar-refractivity contribution < 1.29 is 9.53 Å². The number of piperazine rings is 1. The molecule has 1 aromatic rings. The van der Waals surface area contributed by atoms with E-state index in [9.17, 15) is 4.79 Å². The van der Waals surface area contributed by atoms with E-state index < -0.39 is 0 Å². The molecular formula is C13H17ClN2O2. The number of ether oxygens (including phenoxy) is 1. The quantitative estimate of drug-likeness (QED) is 0.895. The van der Waals surface area contributed by atoms with E-state index in [-0.39, 0.29) is 12.5 Å². The summed E-state index contributed by atoms with van der Waals surface area (Å²) in [6.07, 6.45) is 0. The van der Waals surface area contributed by atoms with Gasteiger partial charge in [-0.05, 0) is 17.7 Å². The molecule has 1 heterocycles. The van der Waals surface area contributed by atoms with Crippen LogP contribution in [-0.2, 0) is 16.1 Å². The van der Waals surface area contributed by atoms with E-state index in [2.05, 4.69) is 5.32 Å². The maximum Gasteiger partial charge on any atom is 0.248 e. The van der Waals surface area contributed by atoms with Crippen LogP contribution in [0.15, 0.2) is 24.3 Å². The highest BCUT2D eigenvalue weighted by Crippen LogP contribution is 2.10. The van der Waals surface area contributed by atoms with Crippen molar-refractivity contribution in [3.8, 4) is 0 Å². The predicted molar refractivity (Wildman–Crippen MR) is 70.6 cm³/mol. The summed E-state index contributed by atoms with van der Waals surface area (Å²) in [6, 6.07) is 7.44. The van der Waals surface area contributed by atoms with Crippen molar-refractivity contribution in [3.05, 3.63) is 34.9 Å². The first kappa shape index (κ1) is 13.3. The highest BCUT2D eigenvalue weighted by molar-refractivity contribution is 6.30. The zero-order valence-electron chi connectivity index (χ0n) is 10.2. The minimum Gasteiger partial charge on any atom is -0.367 e. The summed E-state index contributed by atoms with van der Waals surface area (Å²) in [7, 11) is 0. The molecule has 1 amide bonds. The summed E-state index contributed by atoms with van der Waals surface area (Å²) >= 11 is 5.79. The van der Waals surface area contributed by atoms with Crippen molar-refractivity contribution in [2.45, 2.75) is 6.61 Å². The van der Waals surface area contributed by atoms with Gasteiger partial charge in [-0.15, -0.1) is 0 Å². The minimum atomic E-state index is 0.0606. The summed E-state index contributed by atoms with van der Waals surface area (Å²) in [5.74, 6) is 0.0606. The number of halogens is 1. The smallest absolute Gasteiger partial charge is 0.248 e. The molecule has 1 aliphatic rings. The molecule has 0 aromatic heterocycles. The van der Waals surface area contributed by atoms with Gasteiger partial charge in [-0.2, -0.15) is 0 Å². The number of carbonyl (C=O) groups is 1. The SMILES string of the molecule is O=C(COCc1ccc(Cl)cc1)N1CCNCC1. The average Bonchev–Trinajstić information content (AvgIpc) is 2.42. The lowest BCUT2D eigenvalue weighted by Gasteiger charge is -2.27.